The summed E-state index contributed by atoms with van der Waals surface area (Å²) in [6.45, 7) is 17.1. The summed E-state index contributed by atoms with van der Waals surface area (Å²) in [5.41, 5.74) is 4.44. The van der Waals surface area contributed by atoms with Gasteiger partial charge in [0.05, 0.1) is 20.4 Å². The molecule has 0 saturated carbocycles. The van der Waals surface area contributed by atoms with E-state index in [0.29, 0.717) is 16.0 Å². The first-order valence-electron chi connectivity index (χ1n) is 9.99. The van der Waals surface area contributed by atoms with Crippen molar-refractivity contribution in [1.29, 1.82) is 0 Å². The lowest BCUT2D eigenvalue weighted by atomic mass is 10.2. The van der Waals surface area contributed by atoms with E-state index in [1.54, 1.807) is 23.4 Å². The van der Waals surface area contributed by atoms with E-state index >= 15 is 0 Å². The van der Waals surface area contributed by atoms with Crippen LogP contribution in [0, 0.1) is 0 Å². The van der Waals surface area contributed by atoms with Crippen molar-refractivity contribution in [2.75, 3.05) is 0 Å². The summed E-state index contributed by atoms with van der Waals surface area (Å²) in [6.07, 6.45) is 7.24. The second-order valence-electron chi connectivity index (χ2n) is 9.45. The fourth-order valence-electron chi connectivity index (χ4n) is 4.95. The summed E-state index contributed by atoms with van der Waals surface area (Å²) in [7, 11) is -0.880. The molecule has 27 heavy (non-hydrogen) atoms. The van der Waals surface area contributed by atoms with Gasteiger partial charge in [-0.1, -0.05) is 62.0 Å². The quantitative estimate of drug-likeness (QED) is 0.492. The van der Waals surface area contributed by atoms with Gasteiger partial charge in [0.15, 0.2) is 0 Å². The molecule has 1 atom stereocenters. The van der Waals surface area contributed by atoms with Crippen LogP contribution in [0.15, 0.2) is 56.5 Å². The Hall–Kier alpha value is -0.840. The SMILES string of the molecule is C[C@H](C1=C(P(c2ccco2)c2ccco2)CCC1)P(C(C)(C)C)C(C)(C)C. The molecule has 2 aromatic rings. The Morgan fingerprint density at radius 2 is 1.37 bits per heavy atom. The molecule has 2 heterocycles. The maximum Gasteiger partial charge on any atom is 0.137 e. The van der Waals surface area contributed by atoms with E-state index in [4.69, 9.17) is 8.83 Å². The molecular weight excluding hydrogens is 370 g/mol. The zero-order chi connectivity index (χ0) is 19.8. The largest absolute Gasteiger partial charge is 0.464 e. The number of hydrogen-bond acceptors (Lipinski definition) is 2. The van der Waals surface area contributed by atoms with Gasteiger partial charge in [-0.05, 0) is 64.8 Å². The smallest absolute Gasteiger partial charge is 0.137 e. The summed E-state index contributed by atoms with van der Waals surface area (Å²) >= 11 is 0. The molecule has 1 aliphatic carbocycles. The number of furan rings is 2. The molecule has 2 aromatic heterocycles. The van der Waals surface area contributed by atoms with Gasteiger partial charge in [0, 0.05) is 0 Å². The number of allylic oxidation sites excluding steroid dienone is 2. The molecule has 0 spiro atoms. The molecule has 3 rings (SSSR count). The fraction of sp³-hybridized carbons (Fsp3) is 0.565. The molecule has 0 N–H and O–H groups in total. The van der Waals surface area contributed by atoms with E-state index in [1.807, 2.05) is 12.1 Å². The van der Waals surface area contributed by atoms with Crippen LogP contribution in [0.1, 0.15) is 67.7 Å². The third-order valence-electron chi connectivity index (χ3n) is 5.29. The van der Waals surface area contributed by atoms with Crippen LogP contribution < -0.4 is 11.0 Å². The van der Waals surface area contributed by atoms with Crippen LogP contribution in [-0.2, 0) is 0 Å². The predicted molar refractivity (Wildman–Crippen MR) is 120 cm³/mol. The first-order chi connectivity index (χ1) is 12.6. The number of rotatable bonds is 5. The van der Waals surface area contributed by atoms with Crippen molar-refractivity contribution in [2.24, 2.45) is 0 Å². The zero-order valence-corrected chi connectivity index (χ0v) is 19.7. The molecule has 0 aromatic carbocycles. The van der Waals surface area contributed by atoms with Crippen LogP contribution in [0.2, 0.25) is 0 Å². The van der Waals surface area contributed by atoms with Crippen LogP contribution >= 0.6 is 15.8 Å². The minimum atomic E-state index is -0.690. The van der Waals surface area contributed by atoms with Crippen LogP contribution in [-0.4, -0.2) is 16.0 Å². The Morgan fingerprint density at radius 3 is 1.78 bits per heavy atom. The van der Waals surface area contributed by atoms with E-state index < -0.39 is 7.92 Å². The maximum atomic E-state index is 5.89. The van der Waals surface area contributed by atoms with Gasteiger partial charge in [0.1, 0.15) is 11.0 Å². The summed E-state index contributed by atoms with van der Waals surface area (Å²) in [6, 6.07) is 8.25. The minimum absolute atomic E-state index is 0.190. The highest BCUT2D eigenvalue weighted by Gasteiger charge is 2.41. The lowest BCUT2D eigenvalue weighted by molar-refractivity contribution is 0.593. The molecule has 0 fully saturated rings. The van der Waals surface area contributed by atoms with Gasteiger partial charge >= 0.3 is 0 Å². The molecule has 148 valence electrons. The third-order valence-corrected chi connectivity index (χ3v) is 11.7. The van der Waals surface area contributed by atoms with E-state index in [-0.39, 0.29) is 7.92 Å². The van der Waals surface area contributed by atoms with Gasteiger partial charge in [0.25, 0.3) is 0 Å². The Balaban J connectivity index is 2.08. The van der Waals surface area contributed by atoms with Gasteiger partial charge in [0.2, 0.25) is 0 Å². The lowest BCUT2D eigenvalue weighted by Crippen LogP contribution is -2.31. The second kappa shape index (κ2) is 7.88. The lowest BCUT2D eigenvalue weighted by Gasteiger charge is -2.46. The molecule has 2 nitrogen and oxygen atoms in total. The molecule has 0 amide bonds. The molecule has 0 saturated heterocycles. The molecule has 0 radical (unpaired) electrons. The minimum Gasteiger partial charge on any atom is -0.464 e. The van der Waals surface area contributed by atoms with Crippen molar-refractivity contribution in [3.05, 3.63) is 47.7 Å². The highest BCUT2D eigenvalue weighted by molar-refractivity contribution is 7.76. The molecular formula is C23H34O2P2. The summed E-state index contributed by atoms with van der Waals surface area (Å²) in [5, 5.41) is 2.25. The van der Waals surface area contributed by atoms with Crippen molar-refractivity contribution in [3.8, 4) is 0 Å². The monoisotopic (exact) mass is 404 g/mol. The Bertz CT molecular complexity index is 710. The van der Waals surface area contributed by atoms with Crippen LogP contribution in [0.3, 0.4) is 0 Å². The standard InChI is InChI=1S/C23H34O2P2/c1-17(27(22(2,3)4)23(5,6)7)18-11-8-12-19(18)26(20-13-9-15-24-20)21-14-10-16-25-21/h9-10,13-17H,8,11-12H2,1-7H3/t17-/m1/s1. The Kier molecular flexibility index (Phi) is 6.10. The molecule has 0 bridgehead atoms. The second-order valence-corrected chi connectivity index (χ2v) is 15.7. The van der Waals surface area contributed by atoms with Gasteiger partial charge in [-0.15, -0.1) is 0 Å². The normalized spacial score (nSPS) is 17.4. The zero-order valence-electron chi connectivity index (χ0n) is 17.9. The van der Waals surface area contributed by atoms with E-state index in [9.17, 15) is 0 Å². The Morgan fingerprint density at radius 1 is 0.852 bits per heavy atom. The van der Waals surface area contributed by atoms with Crippen molar-refractivity contribution in [3.63, 3.8) is 0 Å². The average Bonchev–Trinajstić information content (AvgIpc) is 3.28. The van der Waals surface area contributed by atoms with Crippen molar-refractivity contribution < 1.29 is 8.83 Å². The molecule has 4 heteroatoms. The maximum absolute atomic E-state index is 5.89. The molecule has 0 unspecified atom stereocenters. The first kappa shape index (κ1) is 20.9. The molecule has 0 aliphatic heterocycles. The van der Waals surface area contributed by atoms with Gasteiger partial charge in [-0.2, -0.15) is 0 Å². The van der Waals surface area contributed by atoms with Gasteiger partial charge in [-0.25, -0.2) is 0 Å². The van der Waals surface area contributed by atoms with Crippen molar-refractivity contribution in [2.45, 2.75) is 83.7 Å². The average molecular weight is 404 g/mol. The van der Waals surface area contributed by atoms with Gasteiger partial charge < -0.3 is 8.83 Å². The highest BCUT2D eigenvalue weighted by Crippen LogP contribution is 2.66. The topological polar surface area (TPSA) is 26.3 Å². The van der Waals surface area contributed by atoms with Crippen molar-refractivity contribution >= 4 is 26.8 Å². The summed E-state index contributed by atoms with van der Waals surface area (Å²) in [4.78, 5) is 0. The van der Waals surface area contributed by atoms with Gasteiger partial charge in [-0.3, -0.25) is 0 Å². The van der Waals surface area contributed by atoms with Crippen LogP contribution in [0.4, 0.5) is 0 Å². The van der Waals surface area contributed by atoms with Crippen LogP contribution in [0.5, 0.6) is 0 Å². The predicted octanol–water partition coefficient (Wildman–Crippen LogP) is 7.21. The fourth-order valence-corrected chi connectivity index (χ4v) is 12.5. The summed E-state index contributed by atoms with van der Waals surface area (Å²) < 4.78 is 11.8. The molecule has 1 aliphatic rings. The first-order valence-corrected chi connectivity index (χ1v) is 12.7. The number of hydrogen-bond donors (Lipinski definition) is 0. The van der Waals surface area contributed by atoms with E-state index in [0.717, 1.165) is 11.0 Å². The van der Waals surface area contributed by atoms with E-state index in [2.05, 4.69) is 60.6 Å². The van der Waals surface area contributed by atoms with E-state index in [1.165, 1.54) is 19.3 Å². The van der Waals surface area contributed by atoms with Crippen LogP contribution in [0.25, 0.3) is 0 Å². The summed E-state index contributed by atoms with van der Waals surface area (Å²) in [5.74, 6) is 0. The van der Waals surface area contributed by atoms with Crippen molar-refractivity contribution in [1.82, 2.24) is 0 Å². The third kappa shape index (κ3) is 4.44. The Labute approximate surface area is 167 Å². The highest BCUT2D eigenvalue weighted by atomic mass is 31.1.